The molecule has 0 saturated heterocycles. The van der Waals surface area contributed by atoms with Gasteiger partial charge < -0.3 is 9.98 Å². The van der Waals surface area contributed by atoms with Crippen molar-refractivity contribution in [3.63, 3.8) is 0 Å². The van der Waals surface area contributed by atoms with Crippen LogP contribution in [0.25, 0.3) is 0 Å². The van der Waals surface area contributed by atoms with Crippen molar-refractivity contribution in [2.45, 2.75) is 51.5 Å². The minimum Gasteiger partial charge on any atom is -0.343 e. The maximum absolute atomic E-state index is 8.60. The highest BCUT2D eigenvalue weighted by Crippen LogP contribution is 2.29. The molecule has 1 aromatic heterocycles. The van der Waals surface area contributed by atoms with Gasteiger partial charge in [0.2, 0.25) is 0 Å². The van der Waals surface area contributed by atoms with Crippen molar-refractivity contribution in [1.29, 1.82) is 5.41 Å². The van der Waals surface area contributed by atoms with Gasteiger partial charge in [-0.25, -0.2) is 0 Å². The van der Waals surface area contributed by atoms with Crippen molar-refractivity contribution in [1.82, 2.24) is 4.57 Å². The van der Waals surface area contributed by atoms with Crippen LogP contribution in [0.15, 0.2) is 18.2 Å². The number of nitrogens with one attached hydrogen (secondary N) is 1. The van der Waals surface area contributed by atoms with E-state index >= 15 is 0 Å². The fourth-order valence-corrected chi connectivity index (χ4v) is 4.58. The van der Waals surface area contributed by atoms with Crippen LogP contribution in [0.3, 0.4) is 0 Å². The maximum atomic E-state index is 8.60. The standard InChI is InChI=1S/C19H20Cl2N2.ClH/c20-13-9-8-12(16(21)10-13)11-23-17-6-2-1-4-14(17)19(22)15-5-3-7-18(15)23;/h8-10,22H,1-7,11H2;1H. The Hall–Kier alpha value is -0.960. The molecule has 2 nitrogen and oxygen atoms in total. The lowest BCUT2D eigenvalue weighted by Crippen LogP contribution is -2.27. The summed E-state index contributed by atoms with van der Waals surface area (Å²) >= 11 is 12.4. The molecule has 24 heavy (non-hydrogen) atoms. The van der Waals surface area contributed by atoms with Gasteiger partial charge >= 0.3 is 0 Å². The van der Waals surface area contributed by atoms with E-state index in [4.69, 9.17) is 28.6 Å². The number of aromatic nitrogens is 1. The zero-order valence-corrected chi connectivity index (χ0v) is 15.8. The van der Waals surface area contributed by atoms with E-state index < -0.39 is 0 Å². The molecule has 1 heterocycles. The van der Waals surface area contributed by atoms with Crippen LogP contribution in [-0.2, 0) is 32.2 Å². The van der Waals surface area contributed by atoms with Crippen LogP contribution in [-0.4, -0.2) is 4.57 Å². The summed E-state index contributed by atoms with van der Waals surface area (Å²) in [7, 11) is 0. The lowest BCUT2D eigenvalue weighted by atomic mass is 9.92. The number of nitrogens with zero attached hydrogens (tertiary/aromatic N) is 1. The van der Waals surface area contributed by atoms with Gasteiger partial charge in [0.25, 0.3) is 0 Å². The van der Waals surface area contributed by atoms with E-state index in [0.29, 0.717) is 5.02 Å². The molecule has 0 spiro atoms. The molecule has 4 rings (SSSR count). The Morgan fingerprint density at radius 3 is 2.25 bits per heavy atom. The van der Waals surface area contributed by atoms with Crippen molar-refractivity contribution in [2.75, 3.05) is 0 Å². The number of pyridine rings is 1. The third-order valence-corrected chi connectivity index (χ3v) is 5.81. The Bertz CT molecular complexity index is 839. The lowest BCUT2D eigenvalue weighted by Gasteiger charge is -2.26. The molecular formula is C19H21Cl3N2. The van der Waals surface area contributed by atoms with Crippen molar-refractivity contribution in [3.8, 4) is 0 Å². The van der Waals surface area contributed by atoms with E-state index in [1.165, 1.54) is 41.8 Å². The molecule has 0 unspecified atom stereocenters. The summed E-state index contributed by atoms with van der Waals surface area (Å²) in [4.78, 5) is 0. The van der Waals surface area contributed by atoms with Gasteiger partial charge in [-0.1, -0.05) is 29.3 Å². The molecule has 0 bridgehead atoms. The van der Waals surface area contributed by atoms with E-state index in [2.05, 4.69) is 4.57 Å². The fraction of sp³-hybridized carbons (Fsp3) is 0.421. The molecular weight excluding hydrogens is 363 g/mol. The molecule has 0 amide bonds. The second-order valence-electron chi connectivity index (χ2n) is 6.61. The summed E-state index contributed by atoms with van der Waals surface area (Å²) in [5.41, 5.74) is 6.40. The predicted molar refractivity (Wildman–Crippen MR) is 102 cm³/mol. The molecule has 0 radical (unpaired) electrons. The van der Waals surface area contributed by atoms with E-state index in [1.54, 1.807) is 0 Å². The van der Waals surface area contributed by atoms with Crippen molar-refractivity contribution < 1.29 is 0 Å². The van der Waals surface area contributed by atoms with Crippen LogP contribution < -0.4 is 5.36 Å². The third kappa shape index (κ3) is 3.00. The van der Waals surface area contributed by atoms with Crippen LogP contribution in [0.1, 0.15) is 47.3 Å². The summed E-state index contributed by atoms with van der Waals surface area (Å²) in [6.45, 7) is 0.793. The first kappa shape index (κ1) is 17.8. The number of rotatable bonds is 2. The zero-order valence-electron chi connectivity index (χ0n) is 13.5. The number of halogens is 3. The molecule has 128 valence electrons. The number of fused-ring (bicyclic) bond motifs is 2. The highest BCUT2D eigenvalue weighted by Gasteiger charge is 2.24. The summed E-state index contributed by atoms with van der Waals surface area (Å²) in [6.07, 6.45) is 7.86. The Morgan fingerprint density at radius 2 is 1.54 bits per heavy atom. The highest BCUT2D eigenvalue weighted by molar-refractivity contribution is 6.35. The van der Waals surface area contributed by atoms with Crippen LogP contribution >= 0.6 is 35.6 Å². The number of benzene rings is 1. The molecule has 0 aliphatic heterocycles. The zero-order chi connectivity index (χ0) is 16.0. The molecule has 2 aliphatic carbocycles. The molecule has 1 N–H and O–H groups in total. The van der Waals surface area contributed by atoms with Crippen LogP contribution in [0.4, 0.5) is 0 Å². The topological polar surface area (TPSA) is 28.8 Å². The Labute approximate surface area is 158 Å². The van der Waals surface area contributed by atoms with Crippen LogP contribution in [0.5, 0.6) is 0 Å². The number of hydrogen-bond donors (Lipinski definition) is 1. The predicted octanol–water partition coefficient (Wildman–Crippen LogP) is 5.11. The maximum Gasteiger partial charge on any atom is 0.0638 e. The lowest BCUT2D eigenvalue weighted by molar-refractivity contribution is 0.590. The van der Waals surface area contributed by atoms with Gasteiger partial charge in [-0.3, -0.25) is 0 Å². The monoisotopic (exact) mass is 382 g/mol. The Morgan fingerprint density at radius 1 is 0.917 bits per heavy atom. The minimum atomic E-state index is 0. The molecule has 1 aromatic carbocycles. The van der Waals surface area contributed by atoms with E-state index in [9.17, 15) is 0 Å². The van der Waals surface area contributed by atoms with Gasteiger partial charge in [-0.2, -0.15) is 0 Å². The molecule has 0 fully saturated rings. The summed E-state index contributed by atoms with van der Waals surface area (Å²) in [6, 6.07) is 5.77. The average molecular weight is 384 g/mol. The first-order chi connectivity index (χ1) is 11.1. The summed E-state index contributed by atoms with van der Waals surface area (Å²) in [5, 5.41) is 10.8. The van der Waals surface area contributed by atoms with E-state index in [1.807, 2.05) is 18.2 Å². The second kappa shape index (κ2) is 7.11. The molecule has 5 heteroatoms. The van der Waals surface area contributed by atoms with Crippen molar-refractivity contribution >= 4 is 35.6 Å². The normalized spacial score (nSPS) is 15.6. The van der Waals surface area contributed by atoms with E-state index in [-0.39, 0.29) is 12.4 Å². The van der Waals surface area contributed by atoms with Crippen molar-refractivity contribution in [3.05, 3.63) is 61.7 Å². The minimum absolute atomic E-state index is 0. The SMILES string of the molecule is Cl.N=c1c2c(n(Cc3ccc(Cl)cc3Cl)c3c1CCC3)CCCC2. The molecule has 0 atom stereocenters. The molecule has 0 saturated carbocycles. The van der Waals surface area contributed by atoms with E-state index in [0.717, 1.165) is 48.2 Å². The largest absolute Gasteiger partial charge is 0.343 e. The first-order valence-electron chi connectivity index (χ1n) is 8.40. The van der Waals surface area contributed by atoms with Crippen LogP contribution in [0, 0.1) is 5.41 Å². The fourth-order valence-electron chi connectivity index (χ4n) is 4.11. The Balaban J connectivity index is 0.00000169. The first-order valence-corrected chi connectivity index (χ1v) is 9.15. The Kier molecular flexibility index (Phi) is 5.29. The van der Waals surface area contributed by atoms with Crippen LogP contribution in [0.2, 0.25) is 10.0 Å². The average Bonchev–Trinajstić information content (AvgIpc) is 3.03. The second-order valence-corrected chi connectivity index (χ2v) is 7.45. The van der Waals surface area contributed by atoms with Gasteiger partial charge in [0.1, 0.15) is 0 Å². The number of hydrogen-bond acceptors (Lipinski definition) is 1. The molecule has 2 aromatic rings. The summed E-state index contributed by atoms with van der Waals surface area (Å²) in [5.74, 6) is 0. The highest BCUT2D eigenvalue weighted by atomic mass is 35.5. The van der Waals surface area contributed by atoms with Crippen molar-refractivity contribution in [2.24, 2.45) is 0 Å². The van der Waals surface area contributed by atoms with Gasteiger partial charge in [-0.05, 0) is 73.8 Å². The smallest absolute Gasteiger partial charge is 0.0638 e. The van der Waals surface area contributed by atoms with Gasteiger partial charge in [0.15, 0.2) is 0 Å². The van der Waals surface area contributed by atoms with Gasteiger partial charge in [0.05, 0.1) is 5.36 Å². The van der Waals surface area contributed by atoms with Gasteiger partial charge in [-0.15, -0.1) is 12.4 Å². The quantitative estimate of drug-likeness (QED) is 0.746. The molecule has 2 aliphatic rings. The third-order valence-electron chi connectivity index (χ3n) is 5.23. The summed E-state index contributed by atoms with van der Waals surface area (Å²) < 4.78 is 2.46. The van der Waals surface area contributed by atoms with Gasteiger partial charge in [0, 0.05) is 28.0 Å².